The van der Waals surface area contributed by atoms with Crippen LogP contribution in [0, 0.1) is 0 Å². The number of hydrogen-bond acceptors (Lipinski definition) is 3. The first kappa shape index (κ1) is 15.1. The molecule has 0 atom stereocenters. The molecule has 1 amide bonds. The molecule has 0 radical (unpaired) electrons. The number of amides is 1. The van der Waals surface area contributed by atoms with Crippen LogP contribution in [0.4, 0.5) is 5.69 Å². The van der Waals surface area contributed by atoms with Gasteiger partial charge in [-0.3, -0.25) is 4.79 Å². The van der Waals surface area contributed by atoms with Gasteiger partial charge in [0.15, 0.2) is 5.96 Å². The Morgan fingerprint density at radius 2 is 2.26 bits per heavy atom. The number of benzene rings is 1. The highest BCUT2D eigenvalue weighted by atomic mass is 35.5. The first-order chi connectivity index (χ1) is 9.06. The van der Waals surface area contributed by atoms with Crippen molar-refractivity contribution in [3.8, 4) is 5.75 Å². The van der Waals surface area contributed by atoms with E-state index in [4.69, 9.17) is 22.1 Å². The van der Waals surface area contributed by atoms with Gasteiger partial charge in [0, 0.05) is 12.2 Å². The van der Waals surface area contributed by atoms with E-state index < -0.39 is 0 Å². The zero-order valence-corrected chi connectivity index (χ0v) is 11.6. The van der Waals surface area contributed by atoms with Crippen molar-refractivity contribution in [3.63, 3.8) is 0 Å². The van der Waals surface area contributed by atoms with Crippen molar-refractivity contribution in [1.82, 2.24) is 5.32 Å². The van der Waals surface area contributed by atoms with Crippen LogP contribution < -0.4 is 21.1 Å². The Balaban J connectivity index is 2.61. The van der Waals surface area contributed by atoms with Crippen LogP contribution in [-0.2, 0) is 4.79 Å². The number of guanidine groups is 1. The summed E-state index contributed by atoms with van der Waals surface area (Å²) in [5.41, 5.74) is 6.32. The second-order valence-electron chi connectivity index (χ2n) is 3.63. The van der Waals surface area contributed by atoms with Crippen molar-refractivity contribution in [2.24, 2.45) is 10.7 Å². The first-order valence-corrected chi connectivity index (χ1v) is 6.11. The maximum atomic E-state index is 11.2. The fourth-order valence-electron chi connectivity index (χ4n) is 1.34. The molecule has 0 heterocycles. The van der Waals surface area contributed by atoms with Crippen molar-refractivity contribution in [1.29, 1.82) is 0 Å². The van der Waals surface area contributed by atoms with Crippen molar-refractivity contribution < 1.29 is 9.53 Å². The third-order valence-corrected chi connectivity index (χ3v) is 2.49. The number of aliphatic imine (C=N–C) groups is 1. The number of ether oxygens (including phenoxy) is 1. The van der Waals surface area contributed by atoms with Gasteiger partial charge in [-0.25, -0.2) is 4.99 Å². The van der Waals surface area contributed by atoms with Crippen LogP contribution in [0.25, 0.3) is 0 Å². The van der Waals surface area contributed by atoms with Crippen LogP contribution in [0.15, 0.2) is 23.2 Å². The van der Waals surface area contributed by atoms with Gasteiger partial charge < -0.3 is 21.1 Å². The lowest BCUT2D eigenvalue weighted by Crippen LogP contribution is -2.28. The molecule has 4 N–H and O–H groups in total. The predicted octanol–water partition coefficient (Wildman–Crippen LogP) is 1.21. The van der Waals surface area contributed by atoms with Gasteiger partial charge in [-0.2, -0.15) is 0 Å². The van der Waals surface area contributed by atoms with E-state index in [9.17, 15) is 4.79 Å². The van der Waals surface area contributed by atoms with E-state index in [1.54, 1.807) is 18.2 Å². The molecule has 6 nitrogen and oxygen atoms in total. The lowest BCUT2D eigenvalue weighted by Gasteiger charge is -2.08. The van der Waals surface area contributed by atoms with E-state index in [1.165, 1.54) is 7.11 Å². The molecule has 7 heteroatoms. The van der Waals surface area contributed by atoms with E-state index in [2.05, 4.69) is 15.6 Å². The van der Waals surface area contributed by atoms with Gasteiger partial charge in [-0.05, 0) is 25.1 Å². The minimum atomic E-state index is -0.181. The van der Waals surface area contributed by atoms with Crippen molar-refractivity contribution in [2.75, 3.05) is 25.5 Å². The number of anilines is 1. The molecule has 104 valence electrons. The van der Waals surface area contributed by atoms with Crippen molar-refractivity contribution in [2.45, 2.75) is 6.92 Å². The number of nitrogens with zero attached hydrogens (tertiary/aromatic N) is 1. The van der Waals surface area contributed by atoms with E-state index in [1.807, 2.05) is 6.92 Å². The molecule has 0 saturated carbocycles. The Labute approximate surface area is 117 Å². The topological polar surface area (TPSA) is 88.7 Å². The number of methoxy groups -OCH3 is 1. The van der Waals surface area contributed by atoms with Crippen LogP contribution in [0.2, 0.25) is 5.02 Å². The monoisotopic (exact) mass is 284 g/mol. The second kappa shape index (κ2) is 7.48. The Kier molecular flexibility index (Phi) is 5.95. The van der Waals surface area contributed by atoms with Crippen LogP contribution in [0.5, 0.6) is 5.75 Å². The molecule has 19 heavy (non-hydrogen) atoms. The SMILES string of the molecule is CCNC(=O)CN=C(N)Nc1ccc(OC)c(Cl)c1. The van der Waals surface area contributed by atoms with Gasteiger partial charge in [0.2, 0.25) is 5.91 Å². The summed E-state index contributed by atoms with van der Waals surface area (Å²) in [7, 11) is 1.54. The maximum absolute atomic E-state index is 11.2. The summed E-state index contributed by atoms with van der Waals surface area (Å²) in [5.74, 6) is 0.539. The predicted molar refractivity (Wildman–Crippen MR) is 76.8 cm³/mol. The Bertz CT molecular complexity index is 477. The number of rotatable bonds is 5. The summed E-state index contributed by atoms with van der Waals surface area (Å²) in [6, 6.07) is 5.12. The lowest BCUT2D eigenvalue weighted by molar-refractivity contribution is -0.119. The van der Waals surface area contributed by atoms with Gasteiger partial charge in [0.1, 0.15) is 12.3 Å². The molecule has 1 aromatic carbocycles. The van der Waals surface area contributed by atoms with E-state index in [-0.39, 0.29) is 18.4 Å². The van der Waals surface area contributed by atoms with Gasteiger partial charge in [-0.1, -0.05) is 11.6 Å². The molecular weight excluding hydrogens is 268 g/mol. The Morgan fingerprint density at radius 3 is 2.84 bits per heavy atom. The number of nitrogens with one attached hydrogen (secondary N) is 2. The van der Waals surface area contributed by atoms with Gasteiger partial charge in [0.05, 0.1) is 12.1 Å². The number of halogens is 1. The summed E-state index contributed by atoms with van der Waals surface area (Å²) < 4.78 is 5.04. The van der Waals surface area contributed by atoms with Crippen molar-refractivity contribution >= 4 is 29.2 Å². The summed E-state index contributed by atoms with van der Waals surface area (Å²) >= 11 is 5.97. The molecule has 0 fully saturated rings. The average molecular weight is 285 g/mol. The number of carbonyl (C=O) groups excluding carboxylic acids is 1. The van der Waals surface area contributed by atoms with Crippen molar-refractivity contribution in [3.05, 3.63) is 23.2 Å². The zero-order chi connectivity index (χ0) is 14.3. The molecule has 0 unspecified atom stereocenters. The van der Waals surface area contributed by atoms with Crippen LogP contribution in [-0.4, -0.2) is 32.1 Å². The number of carbonyl (C=O) groups is 1. The highest BCUT2D eigenvalue weighted by Gasteiger charge is 2.03. The molecule has 0 spiro atoms. The fraction of sp³-hybridized carbons (Fsp3) is 0.333. The third kappa shape index (κ3) is 5.05. The highest BCUT2D eigenvalue weighted by Crippen LogP contribution is 2.26. The van der Waals surface area contributed by atoms with E-state index >= 15 is 0 Å². The number of nitrogens with two attached hydrogens (primary N) is 1. The molecule has 0 saturated heterocycles. The number of likely N-dealkylation sites (N-methyl/N-ethyl adjacent to an activating group) is 1. The molecule has 0 aromatic heterocycles. The summed E-state index contributed by atoms with van der Waals surface area (Å²) in [6.45, 7) is 2.38. The van der Waals surface area contributed by atoms with E-state index in [0.717, 1.165) is 0 Å². The largest absolute Gasteiger partial charge is 0.495 e. The molecular formula is C12H17ClN4O2. The zero-order valence-electron chi connectivity index (χ0n) is 10.9. The fourth-order valence-corrected chi connectivity index (χ4v) is 1.60. The minimum Gasteiger partial charge on any atom is -0.495 e. The smallest absolute Gasteiger partial charge is 0.241 e. The van der Waals surface area contributed by atoms with Gasteiger partial charge >= 0.3 is 0 Å². The summed E-state index contributed by atoms with van der Waals surface area (Å²) in [6.07, 6.45) is 0. The van der Waals surface area contributed by atoms with Crippen LogP contribution >= 0.6 is 11.6 Å². The third-order valence-electron chi connectivity index (χ3n) is 2.19. The Morgan fingerprint density at radius 1 is 1.53 bits per heavy atom. The normalized spacial score (nSPS) is 11.0. The molecule has 1 aromatic rings. The molecule has 1 rings (SSSR count). The molecule has 0 aliphatic rings. The number of hydrogen-bond donors (Lipinski definition) is 3. The molecule has 0 aliphatic heterocycles. The van der Waals surface area contributed by atoms with E-state index in [0.29, 0.717) is 23.0 Å². The quantitative estimate of drug-likeness (QED) is 0.560. The van der Waals surface area contributed by atoms with Gasteiger partial charge in [-0.15, -0.1) is 0 Å². The average Bonchev–Trinajstić information content (AvgIpc) is 2.37. The summed E-state index contributed by atoms with van der Waals surface area (Å²) in [5, 5.41) is 5.92. The van der Waals surface area contributed by atoms with Gasteiger partial charge in [0.25, 0.3) is 0 Å². The minimum absolute atomic E-state index is 0.0173. The van der Waals surface area contributed by atoms with Crippen LogP contribution in [0.1, 0.15) is 6.92 Å². The molecule has 0 aliphatic carbocycles. The highest BCUT2D eigenvalue weighted by molar-refractivity contribution is 6.32. The summed E-state index contributed by atoms with van der Waals surface area (Å²) in [4.78, 5) is 15.1. The Hall–Kier alpha value is -1.95. The maximum Gasteiger partial charge on any atom is 0.241 e. The first-order valence-electron chi connectivity index (χ1n) is 5.74. The van der Waals surface area contributed by atoms with Crippen LogP contribution in [0.3, 0.4) is 0 Å². The lowest BCUT2D eigenvalue weighted by atomic mass is 10.3. The second-order valence-corrected chi connectivity index (χ2v) is 4.04. The standard InChI is InChI=1S/C12H17ClN4O2/c1-3-15-11(18)7-16-12(14)17-8-4-5-10(19-2)9(13)6-8/h4-6H,3,7H2,1-2H3,(H,15,18)(H3,14,16,17). The molecule has 0 bridgehead atoms.